The van der Waals surface area contributed by atoms with Gasteiger partial charge >= 0.3 is 0 Å². The lowest BCUT2D eigenvalue weighted by Gasteiger charge is -2.05. The SMILES string of the molecule is N#Cc1[nH]nnc1-c1cccc(OCc2cc3ccccc3o2)c1. The maximum Gasteiger partial charge on any atom is 0.163 e. The molecule has 0 aliphatic carbocycles. The van der Waals surface area contributed by atoms with Crippen LogP contribution in [0.4, 0.5) is 0 Å². The number of fused-ring (bicyclic) bond motifs is 1. The Kier molecular flexibility index (Phi) is 3.45. The van der Waals surface area contributed by atoms with E-state index in [2.05, 4.69) is 15.4 Å². The van der Waals surface area contributed by atoms with Gasteiger partial charge in [0.25, 0.3) is 0 Å². The van der Waals surface area contributed by atoms with E-state index in [0.717, 1.165) is 22.3 Å². The predicted octanol–water partition coefficient (Wildman–Crippen LogP) is 3.67. The average molecular weight is 316 g/mol. The maximum atomic E-state index is 9.05. The molecule has 1 N–H and O–H groups in total. The van der Waals surface area contributed by atoms with Crippen LogP contribution in [0.2, 0.25) is 0 Å². The lowest BCUT2D eigenvalue weighted by atomic mass is 10.1. The van der Waals surface area contributed by atoms with Crippen LogP contribution in [-0.4, -0.2) is 15.4 Å². The summed E-state index contributed by atoms with van der Waals surface area (Å²) >= 11 is 0. The molecule has 0 radical (unpaired) electrons. The summed E-state index contributed by atoms with van der Waals surface area (Å²) in [5.41, 5.74) is 2.43. The Balaban J connectivity index is 1.55. The van der Waals surface area contributed by atoms with E-state index in [1.165, 1.54) is 0 Å². The number of benzene rings is 2. The van der Waals surface area contributed by atoms with E-state index >= 15 is 0 Å². The third-order valence-corrected chi connectivity index (χ3v) is 3.63. The number of nitriles is 1. The van der Waals surface area contributed by atoms with Crippen LogP contribution in [0.15, 0.2) is 59.0 Å². The third-order valence-electron chi connectivity index (χ3n) is 3.63. The number of hydrogen-bond donors (Lipinski definition) is 1. The van der Waals surface area contributed by atoms with Crippen molar-refractivity contribution in [1.29, 1.82) is 5.26 Å². The van der Waals surface area contributed by atoms with Crippen molar-refractivity contribution in [2.75, 3.05) is 0 Å². The number of rotatable bonds is 4. The van der Waals surface area contributed by atoms with Crippen LogP contribution in [-0.2, 0) is 6.61 Å². The zero-order valence-electron chi connectivity index (χ0n) is 12.6. The number of nitrogens with zero attached hydrogens (tertiary/aromatic N) is 3. The molecule has 0 unspecified atom stereocenters. The van der Waals surface area contributed by atoms with Crippen LogP contribution in [0.3, 0.4) is 0 Å². The zero-order valence-corrected chi connectivity index (χ0v) is 12.6. The van der Waals surface area contributed by atoms with Crippen LogP contribution in [0.1, 0.15) is 11.5 Å². The number of aromatic nitrogens is 3. The monoisotopic (exact) mass is 316 g/mol. The molecule has 0 saturated heterocycles. The first kappa shape index (κ1) is 14.0. The second-order valence-electron chi connectivity index (χ2n) is 5.21. The Bertz CT molecular complexity index is 1010. The molecule has 0 atom stereocenters. The van der Waals surface area contributed by atoms with E-state index in [4.69, 9.17) is 14.4 Å². The lowest BCUT2D eigenvalue weighted by molar-refractivity contribution is 0.274. The Morgan fingerprint density at radius 2 is 2.04 bits per heavy atom. The predicted molar refractivity (Wildman–Crippen MR) is 87.1 cm³/mol. The Hall–Kier alpha value is -3.59. The number of aromatic amines is 1. The van der Waals surface area contributed by atoms with Gasteiger partial charge in [0, 0.05) is 10.9 Å². The summed E-state index contributed by atoms with van der Waals surface area (Å²) in [6.45, 7) is 0.321. The standard InChI is InChI=1S/C18H12N4O2/c19-10-16-18(21-22-20-16)13-5-3-6-14(9-13)23-11-15-8-12-4-1-2-7-17(12)24-15/h1-9H,11H2,(H,20,21,22). The van der Waals surface area contributed by atoms with Gasteiger partial charge in [-0.2, -0.15) is 5.26 Å². The fourth-order valence-electron chi connectivity index (χ4n) is 2.50. The summed E-state index contributed by atoms with van der Waals surface area (Å²) in [5, 5.41) is 20.3. The van der Waals surface area contributed by atoms with Crippen LogP contribution >= 0.6 is 0 Å². The minimum absolute atomic E-state index is 0.321. The van der Waals surface area contributed by atoms with Gasteiger partial charge in [0.05, 0.1) is 0 Å². The Labute approximate surface area is 137 Å². The summed E-state index contributed by atoms with van der Waals surface area (Å²) in [6, 6.07) is 19.2. The minimum atomic E-state index is 0.321. The molecule has 0 aliphatic rings. The molecular weight excluding hydrogens is 304 g/mol. The van der Waals surface area contributed by atoms with E-state index < -0.39 is 0 Å². The van der Waals surface area contributed by atoms with Gasteiger partial charge in [0.15, 0.2) is 5.69 Å². The third kappa shape index (κ3) is 2.59. The maximum absolute atomic E-state index is 9.05. The van der Waals surface area contributed by atoms with Gasteiger partial charge in [-0.15, -0.1) is 5.10 Å². The molecule has 4 aromatic rings. The first-order valence-electron chi connectivity index (χ1n) is 7.35. The first-order valence-corrected chi connectivity index (χ1v) is 7.35. The van der Waals surface area contributed by atoms with Gasteiger partial charge in [0.1, 0.15) is 35.5 Å². The van der Waals surface area contributed by atoms with Crippen LogP contribution in [0.25, 0.3) is 22.2 Å². The number of nitrogens with one attached hydrogen (secondary N) is 1. The highest BCUT2D eigenvalue weighted by Gasteiger charge is 2.10. The molecule has 0 spiro atoms. The summed E-state index contributed by atoms with van der Waals surface area (Å²) in [6.07, 6.45) is 0. The molecule has 0 bridgehead atoms. The van der Waals surface area contributed by atoms with E-state index in [-0.39, 0.29) is 0 Å². The van der Waals surface area contributed by atoms with Crippen LogP contribution in [0.5, 0.6) is 5.75 Å². The molecule has 116 valence electrons. The van der Waals surface area contributed by atoms with Gasteiger partial charge in [-0.05, 0) is 24.3 Å². The van der Waals surface area contributed by atoms with Crippen molar-refractivity contribution in [1.82, 2.24) is 15.4 Å². The zero-order chi connectivity index (χ0) is 16.4. The largest absolute Gasteiger partial charge is 0.486 e. The van der Waals surface area contributed by atoms with Crippen molar-refractivity contribution in [2.24, 2.45) is 0 Å². The fraction of sp³-hybridized carbons (Fsp3) is 0.0556. The highest BCUT2D eigenvalue weighted by molar-refractivity contribution is 5.77. The highest BCUT2D eigenvalue weighted by atomic mass is 16.5. The van der Waals surface area contributed by atoms with Gasteiger partial charge in [-0.25, -0.2) is 5.10 Å². The lowest BCUT2D eigenvalue weighted by Crippen LogP contribution is -1.94. The van der Waals surface area contributed by atoms with Crippen molar-refractivity contribution in [3.05, 3.63) is 66.1 Å². The fourth-order valence-corrected chi connectivity index (χ4v) is 2.50. The molecule has 0 aliphatic heterocycles. The quantitative estimate of drug-likeness (QED) is 0.620. The molecule has 2 aromatic carbocycles. The molecule has 4 rings (SSSR count). The van der Waals surface area contributed by atoms with Gasteiger partial charge in [-0.3, -0.25) is 0 Å². The number of ether oxygens (including phenoxy) is 1. The van der Waals surface area contributed by atoms with E-state index in [9.17, 15) is 0 Å². The first-order chi connectivity index (χ1) is 11.8. The summed E-state index contributed by atoms with van der Waals surface area (Å²) in [7, 11) is 0. The number of para-hydroxylation sites is 1. The van der Waals surface area contributed by atoms with Crippen LogP contribution < -0.4 is 4.74 Å². The highest BCUT2D eigenvalue weighted by Crippen LogP contribution is 2.25. The summed E-state index contributed by atoms with van der Waals surface area (Å²) in [5.74, 6) is 1.42. The molecule has 24 heavy (non-hydrogen) atoms. The Morgan fingerprint density at radius 1 is 1.12 bits per heavy atom. The average Bonchev–Trinajstić information content (AvgIpc) is 3.26. The molecule has 2 aromatic heterocycles. The molecular formula is C18H12N4O2. The van der Waals surface area contributed by atoms with E-state index in [1.54, 1.807) is 0 Å². The van der Waals surface area contributed by atoms with Crippen LogP contribution in [0, 0.1) is 11.3 Å². The molecule has 0 amide bonds. The van der Waals surface area contributed by atoms with Crippen molar-refractivity contribution < 1.29 is 9.15 Å². The van der Waals surface area contributed by atoms with Gasteiger partial charge in [0.2, 0.25) is 0 Å². The second kappa shape index (κ2) is 5.89. The van der Waals surface area contributed by atoms with Crippen molar-refractivity contribution in [3.63, 3.8) is 0 Å². The minimum Gasteiger partial charge on any atom is -0.486 e. The van der Waals surface area contributed by atoms with E-state index in [0.29, 0.717) is 23.7 Å². The number of H-pyrrole nitrogens is 1. The molecule has 0 saturated carbocycles. The molecule has 0 fully saturated rings. The smallest absolute Gasteiger partial charge is 0.163 e. The van der Waals surface area contributed by atoms with Crippen molar-refractivity contribution in [3.8, 4) is 23.1 Å². The van der Waals surface area contributed by atoms with E-state index in [1.807, 2.05) is 60.7 Å². The summed E-state index contributed by atoms with van der Waals surface area (Å²) in [4.78, 5) is 0. The molecule has 2 heterocycles. The van der Waals surface area contributed by atoms with Gasteiger partial charge < -0.3 is 9.15 Å². The van der Waals surface area contributed by atoms with Crippen molar-refractivity contribution in [2.45, 2.75) is 6.61 Å². The second-order valence-corrected chi connectivity index (χ2v) is 5.21. The summed E-state index contributed by atoms with van der Waals surface area (Å²) < 4.78 is 11.5. The molecule has 6 nitrogen and oxygen atoms in total. The topological polar surface area (TPSA) is 87.7 Å². The Morgan fingerprint density at radius 3 is 2.92 bits per heavy atom. The normalized spacial score (nSPS) is 10.6. The van der Waals surface area contributed by atoms with Crippen molar-refractivity contribution >= 4 is 11.0 Å². The molecule has 6 heteroatoms. The number of hydrogen-bond acceptors (Lipinski definition) is 5. The number of furan rings is 1. The van der Waals surface area contributed by atoms with Gasteiger partial charge in [-0.1, -0.05) is 35.5 Å².